The molecule has 0 spiro atoms. The maximum absolute atomic E-state index is 11.3. The highest BCUT2D eigenvalue weighted by atomic mass is 35.5. The van der Waals surface area contributed by atoms with Crippen molar-refractivity contribution in [1.82, 2.24) is 4.98 Å². The maximum atomic E-state index is 11.3. The van der Waals surface area contributed by atoms with Crippen molar-refractivity contribution in [2.75, 3.05) is 22.6 Å². The van der Waals surface area contributed by atoms with Crippen LogP contribution in [0.2, 0.25) is 5.15 Å². The Balaban J connectivity index is 1.67. The molecule has 136 valence electrons. The lowest BCUT2D eigenvalue weighted by molar-refractivity contribution is 0.317. The molecule has 3 aromatic rings. The lowest BCUT2D eigenvalue weighted by Gasteiger charge is -2.14. The molecule has 0 aliphatic carbocycles. The van der Waals surface area contributed by atoms with Gasteiger partial charge in [-0.1, -0.05) is 41.9 Å². The molecule has 3 rings (SSSR count). The smallest absolute Gasteiger partial charge is 0.254 e. The Labute approximate surface area is 157 Å². The highest BCUT2D eigenvalue weighted by molar-refractivity contribution is 7.91. The molecule has 2 aromatic carbocycles. The molecule has 0 bridgehead atoms. The number of nitrogens with zero attached hydrogens (tertiary/aromatic N) is 2. The van der Waals surface area contributed by atoms with E-state index in [0.29, 0.717) is 11.7 Å². The summed E-state index contributed by atoms with van der Waals surface area (Å²) in [6.07, 6.45) is 1.66. The first-order valence-corrected chi connectivity index (χ1v) is 10.1. The van der Waals surface area contributed by atoms with Crippen molar-refractivity contribution in [1.29, 1.82) is 0 Å². The van der Waals surface area contributed by atoms with Crippen molar-refractivity contribution in [2.45, 2.75) is 6.42 Å². The number of hydrogen-bond acceptors (Lipinski definition) is 5. The molecule has 1 aromatic heterocycles. The molecule has 1 heterocycles. The zero-order chi connectivity index (χ0) is 18.7. The number of hydrogen-bond donors (Lipinski definition) is 2. The predicted octanol–water partition coefficient (Wildman–Crippen LogP) is 3.70. The lowest BCUT2D eigenvalue weighted by Crippen LogP contribution is -2.25. The summed E-state index contributed by atoms with van der Waals surface area (Å²) in [6.45, 7) is 0.665. The fraction of sp³-hybridized carbons (Fsp3) is 0.167. The molecule has 0 saturated carbocycles. The molecule has 0 aliphatic rings. The molecule has 6 nitrogen and oxygen atoms in total. The average molecular weight is 392 g/mol. The minimum Gasteiger partial charge on any atom is -0.384 e. The third kappa shape index (κ3) is 4.24. The highest BCUT2D eigenvalue weighted by Gasteiger charge is 2.13. The van der Waals surface area contributed by atoms with Gasteiger partial charge in [0, 0.05) is 17.6 Å². The highest BCUT2D eigenvalue weighted by Crippen LogP contribution is 2.25. The van der Waals surface area contributed by atoms with Crippen molar-refractivity contribution in [2.24, 2.45) is 0 Å². The van der Waals surface area contributed by atoms with Crippen molar-refractivity contribution < 1.29 is 13.6 Å². The van der Waals surface area contributed by atoms with Gasteiger partial charge in [0.2, 0.25) is 0 Å². The molecule has 0 unspecified atom stereocenters. The zero-order valence-electron chi connectivity index (χ0n) is 14.1. The van der Waals surface area contributed by atoms with E-state index in [1.807, 2.05) is 24.3 Å². The molecule has 8 heteroatoms. The molecule has 0 aliphatic heterocycles. The van der Waals surface area contributed by atoms with Crippen LogP contribution in [-0.2, 0) is 16.4 Å². The van der Waals surface area contributed by atoms with E-state index in [2.05, 4.69) is 10.3 Å². The molecule has 0 radical (unpaired) electrons. The predicted molar refractivity (Wildman–Crippen MR) is 104 cm³/mol. The van der Waals surface area contributed by atoms with E-state index in [-0.39, 0.29) is 10.2 Å². The van der Waals surface area contributed by atoms with E-state index >= 15 is 0 Å². The summed E-state index contributed by atoms with van der Waals surface area (Å²) in [5, 5.41) is 14.4. The number of anilines is 2. The first kappa shape index (κ1) is 18.4. The number of aromatic nitrogens is 1. The van der Waals surface area contributed by atoms with Gasteiger partial charge in [0.25, 0.3) is 10.0 Å². The van der Waals surface area contributed by atoms with Gasteiger partial charge in [-0.25, -0.2) is 13.4 Å². The van der Waals surface area contributed by atoms with Crippen LogP contribution in [0.25, 0.3) is 10.9 Å². The van der Waals surface area contributed by atoms with Crippen LogP contribution in [0.4, 0.5) is 11.4 Å². The van der Waals surface area contributed by atoms with Gasteiger partial charge in [-0.3, -0.25) is 5.21 Å². The van der Waals surface area contributed by atoms with E-state index < -0.39 is 10.0 Å². The lowest BCUT2D eigenvalue weighted by atomic mass is 10.1. The van der Waals surface area contributed by atoms with Crippen LogP contribution in [0.3, 0.4) is 0 Å². The number of rotatable bonds is 6. The van der Waals surface area contributed by atoms with E-state index in [4.69, 9.17) is 11.6 Å². The van der Waals surface area contributed by atoms with E-state index in [1.165, 1.54) is 0 Å². The number of sulfonamides is 1. The molecule has 0 atom stereocenters. The van der Waals surface area contributed by atoms with Gasteiger partial charge in [0.1, 0.15) is 5.15 Å². The van der Waals surface area contributed by atoms with Crippen LogP contribution < -0.4 is 9.79 Å². The average Bonchev–Trinajstić information content (AvgIpc) is 2.60. The Morgan fingerprint density at radius 2 is 1.85 bits per heavy atom. The Bertz CT molecular complexity index is 1020. The van der Waals surface area contributed by atoms with E-state index in [9.17, 15) is 13.6 Å². The molecule has 0 amide bonds. The van der Waals surface area contributed by atoms with Gasteiger partial charge < -0.3 is 5.32 Å². The van der Waals surface area contributed by atoms with Gasteiger partial charge in [-0.05, 0) is 36.2 Å². The molecular weight excluding hydrogens is 374 g/mol. The number of pyridine rings is 1. The van der Waals surface area contributed by atoms with Crippen LogP contribution >= 0.6 is 11.6 Å². The molecule has 26 heavy (non-hydrogen) atoms. The molecule has 2 N–H and O–H groups in total. The summed E-state index contributed by atoms with van der Waals surface area (Å²) >= 11 is 6.08. The summed E-state index contributed by atoms with van der Waals surface area (Å²) in [4.78, 5) is 4.30. The monoisotopic (exact) mass is 391 g/mol. The topological polar surface area (TPSA) is 82.5 Å². The summed E-state index contributed by atoms with van der Waals surface area (Å²) in [5.74, 6) is 0. The van der Waals surface area contributed by atoms with Crippen LogP contribution in [0.15, 0.2) is 54.6 Å². The number of nitrogens with one attached hydrogen (secondary N) is 1. The molecule has 0 fully saturated rings. The van der Waals surface area contributed by atoms with Crippen LogP contribution in [0, 0.1) is 0 Å². The van der Waals surface area contributed by atoms with Crippen LogP contribution in [-0.4, -0.2) is 31.4 Å². The van der Waals surface area contributed by atoms with Crippen LogP contribution in [0.1, 0.15) is 5.56 Å². The number of para-hydroxylation sites is 1. The summed E-state index contributed by atoms with van der Waals surface area (Å²) < 4.78 is 22.9. The van der Waals surface area contributed by atoms with Gasteiger partial charge in [-0.2, -0.15) is 0 Å². The Morgan fingerprint density at radius 1 is 1.15 bits per heavy atom. The van der Waals surface area contributed by atoms with Crippen LogP contribution in [0.5, 0.6) is 0 Å². The Kier molecular flexibility index (Phi) is 5.31. The first-order valence-electron chi connectivity index (χ1n) is 7.92. The Hall–Kier alpha value is -2.35. The maximum Gasteiger partial charge on any atom is 0.254 e. The second kappa shape index (κ2) is 7.49. The second-order valence-corrected chi connectivity index (χ2v) is 8.06. The van der Waals surface area contributed by atoms with Gasteiger partial charge in [-0.15, -0.1) is 4.47 Å². The summed E-state index contributed by atoms with van der Waals surface area (Å²) in [7, 11) is -3.69. The number of halogens is 1. The normalized spacial score (nSPS) is 11.5. The molecule has 0 saturated heterocycles. The SMILES string of the molecule is CS(=O)(=O)N(O)c1ccc(CCNc2cc(Cl)nc3ccccc23)cc1. The van der Waals surface area contributed by atoms with Crippen molar-refractivity contribution in [3.63, 3.8) is 0 Å². The fourth-order valence-corrected chi connectivity index (χ4v) is 3.32. The third-order valence-electron chi connectivity index (χ3n) is 3.89. The summed E-state index contributed by atoms with van der Waals surface area (Å²) in [5.41, 5.74) is 2.95. The quantitative estimate of drug-likeness (QED) is 0.494. The minimum atomic E-state index is -3.69. The standard InChI is InChI=1S/C18H18ClN3O3S/c1-26(24,25)22(23)14-8-6-13(7-9-14)10-11-20-17-12-18(19)21-16-5-3-2-4-15(16)17/h2-9,12,23H,10-11H2,1H3,(H,20,21). The molecular formula is C18H18ClN3O3S. The summed E-state index contributed by atoms with van der Waals surface area (Å²) in [6, 6.07) is 16.2. The minimum absolute atomic E-state index is 0.205. The number of benzene rings is 2. The fourth-order valence-electron chi connectivity index (χ4n) is 2.61. The van der Waals surface area contributed by atoms with Crippen molar-refractivity contribution in [3.8, 4) is 0 Å². The van der Waals surface area contributed by atoms with Gasteiger partial charge in [0.15, 0.2) is 0 Å². The Morgan fingerprint density at radius 3 is 2.54 bits per heavy atom. The second-order valence-electron chi connectivity index (χ2n) is 5.86. The van der Waals surface area contributed by atoms with Gasteiger partial charge >= 0.3 is 0 Å². The van der Waals surface area contributed by atoms with Crippen molar-refractivity contribution in [3.05, 3.63) is 65.3 Å². The largest absolute Gasteiger partial charge is 0.384 e. The first-order chi connectivity index (χ1) is 12.3. The van der Waals surface area contributed by atoms with Gasteiger partial charge in [0.05, 0.1) is 17.5 Å². The van der Waals surface area contributed by atoms with E-state index in [0.717, 1.165) is 34.8 Å². The van der Waals surface area contributed by atoms with Crippen molar-refractivity contribution >= 4 is 43.9 Å². The van der Waals surface area contributed by atoms with E-state index in [1.54, 1.807) is 30.3 Å². The number of fused-ring (bicyclic) bond motifs is 1. The zero-order valence-corrected chi connectivity index (χ0v) is 15.6. The third-order valence-corrected chi connectivity index (χ3v) is 4.92.